The highest BCUT2D eigenvalue weighted by molar-refractivity contribution is 8.02. The molecule has 0 aromatic heterocycles. The van der Waals surface area contributed by atoms with Gasteiger partial charge in [0.15, 0.2) is 5.78 Å². The van der Waals surface area contributed by atoms with Crippen LogP contribution in [0.3, 0.4) is 0 Å². The van der Waals surface area contributed by atoms with Gasteiger partial charge in [0, 0.05) is 11.0 Å². The summed E-state index contributed by atoms with van der Waals surface area (Å²) in [4.78, 5) is 13.0. The maximum absolute atomic E-state index is 13.0. The molecule has 20 heavy (non-hydrogen) atoms. The average Bonchev–Trinajstić information content (AvgIpc) is 2.38. The second kappa shape index (κ2) is 6.25. The Kier molecular flexibility index (Phi) is 5.05. The van der Waals surface area contributed by atoms with Gasteiger partial charge in [-0.25, -0.2) is 0 Å². The minimum Gasteiger partial charge on any atom is -0.294 e. The fraction of sp³-hybridized carbons (Fsp3) is 0.833. The van der Waals surface area contributed by atoms with E-state index in [1.54, 1.807) is 0 Å². The largest absolute Gasteiger partial charge is 0.294 e. The quantitative estimate of drug-likeness (QED) is 0.496. The van der Waals surface area contributed by atoms with Crippen molar-refractivity contribution in [2.75, 3.05) is 5.75 Å². The molecule has 0 bridgehead atoms. The smallest absolute Gasteiger partial charge is 0.165 e. The zero-order valence-corrected chi connectivity index (χ0v) is 14.4. The minimum atomic E-state index is -0.0862. The molecule has 0 unspecified atom stereocenters. The van der Waals surface area contributed by atoms with Gasteiger partial charge in [-0.05, 0) is 54.6 Å². The van der Waals surface area contributed by atoms with Crippen LogP contribution in [0.1, 0.15) is 72.6 Å². The molecule has 2 fully saturated rings. The van der Waals surface area contributed by atoms with E-state index in [0.29, 0.717) is 17.1 Å². The first kappa shape index (κ1) is 16.1. The van der Waals surface area contributed by atoms with Crippen LogP contribution in [-0.4, -0.2) is 11.5 Å². The lowest BCUT2D eigenvalue weighted by Crippen LogP contribution is -2.49. The molecule has 0 aromatic carbocycles. The van der Waals surface area contributed by atoms with Crippen LogP contribution in [0, 0.1) is 16.7 Å². The Morgan fingerprint density at radius 2 is 2.05 bits per heavy atom. The van der Waals surface area contributed by atoms with Crippen LogP contribution in [0.2, 0.25) is 0 Å². The monoisotopic (exact) mass is 294 g/mol. The first-order valence-electron chi connectivity index (χ1n) is 8.27. The van der Waals surface area contributed by atoms with Crippen LogP contribution in [0.4, 0.5) is 0 Å². The Hall–Kier alpha value is -0.240. The summed E-state index contributed by atoms with van der Waals surface area (Å²) < 4.78 is 0. The molecular weight excluding hydrogens is 264 g/mol. The van der Waals surface area contributed by atoms with Gasteiger partial charge in [-0.3, -0.25) is 4.79 Å². The van der Waals surface area contributed by atoms with Crippen LogP contribution in [0.5, 0.6) is 0 Å². The van der Waals surface area contributed by atoms with E-state index >= 15 is 0 Å². The summed E-state index contributed by atoms with van der Waals surface area (Å²) in [6, 6.07) is 0. The highest BCUT2D eigenvalue weighted by Crippen LogP contribution is 2.57. The van der Waals surface area contributed by atoms with E-state index < -0.39 is 0 Å². The standard InChI is InChI=1S/C18H30OS/c1-5-6-12-20-13-14-8-9-15-17(2,3)10-7-11-18(15,4)16(14)19/h13,15H,5-12H2,1-4H3/t15-,18-/m0/s1. The SMILES string of the molecule is CCCCSC=C1CC[C@H]2C(C)(C)CCC[C@]2(C)C1=O. The third-order valence-electron chi connectivity index (χ3n) is 5.58. The van der Waals surface area contributed by atoms with Crippen LogP contribution in [0.15, 0.2) is 11.0 Å². The van der Waals surface area contributed by atoms with E-state index in [4.69, 9.17) is 0 Å². The van der Waals surface area contributed by atoms with Gasteiger partial charge in [0.05, 0.1) is 0 Å². The van der Waals surface area contributed by atoms with Gasteiger partial charge in [-0.2, -0.15) is 0 Å². The molecule has 2 aliphatic rings. The van der Waals surface area contributed by atoms with Crippen molar-refractivity contribution in [3.63, 3.8) is 0 Å². The highest BCUT2D eigenvalue weighted by atomic mass is 32.2. The number of Topliss-reactive ketones (excluding diaryl/α,β-unsaturated/α-hetero) is 1. The molecule has 0 radical (unpaired) electrons. The Balaban J connectivity index is 2.11. The topological polar surface area (TPSA) is 17.1 Å². The summed E-state index contributed by atoms with van der Waals surface area (Å²) in [5.74, 6) is 2.19. The molecule has 2 saturated carbocycles. The molecule has 114 valence electrons. The molecule has 2 rings (SSSR count). The first-order valence-corrected chi connectivity index (χ1v) is 9.32. The fourth-order valence-electron chi connectivity index (χ4n) is 4.38. The molecule has 0 aliphatic heterocycles. The Bertz CT molecular complexity index is 396. The van der Waals surface area contributed by atoms with Crippen molar-refractivity contribution >= 4 is 17.5 Å². The second-order valence-corrected chi connectivity index (χ2v) is 8.52. The molecule has 2 heteroatoms. The van der Waals surface area contributed by atoms with Gasteiger partial charge in [-0.15, -0.1) is 11.8 Å². The predicted octanol–water partition coefficient (Wildman–Crippen LogP) is 5.60. The predicted molar refractivity (Wildman–Crippen MR) is 88.9 cm³/mol. The van der Waals surface area contributed by atoms with Crippen molar-refractivity contribution in [1.82, 2.24) is 0 Å². The summed E-state index contributed by atoms with van der Waals surface area (Å²) in [6.45, 7) is 9.19. The lowest BCUT2D eigenvalue weighted by atomic mass is 9.51. The van der Waals surface area contributed by atoms with E-state index in [0.717, 1.165) is 24.2 Å². The highest BCUT2D eigenvalue weighted by Gasteiger charge is 2.53. The number of fused-ring (bicyclic) bond motifs is 1. The van der Waals surface area contributed by atoms with Gasteiger partial charge in [-0.1, -0.05) is 40.5 Å². The summed E-state index contributed by atoms with van der Waals surface area (Å²) in [5.41, 5.74) is 1.36. The maximum Gasteiger partial charge on any atom is 0.165 e. The van der Waals surface area contributed by atoms with Crippen molar-refractivity contribution in [2.24, 2.45) is 16.7 Å². The summed E-state index contributed by atoms with van der Waals surface area (Å²) in [7, 11) is 0. The summed E-state index contributed by atoms with van der Waals surface area (Å²) in [6.07, 6.45) is 8.27. The molecule has 2 aliphatic carbocycles. The fourth-order valence-corrected chi connectivity index (χ4v) is 5.38. The van der Waals surface area contributed by atoms with Gasteiger partial charge < -0.3 is 0 Å². The molecule has 0 aromatic rings. The number of rotatable bonds is 4. The van der Waals surface area contributed by atoms with Crippen molar-refractivity contribution in [2.45, 2.75) is 72.6 Å². The van der Waals surface area contributed by atoms with Crippen LogP contribution in [-0.2, 0) is 4.79 Å². The number of carbonyl (C=O) groups excluding carboxylic acids is 1. The molecule has 0 spiro atoms. The average molecular weight is 295 g/mol. The number of unbranched alkanes of at least 4 members (excludes halogenated alkanes) is 1. The molecule has 1 nitrogen and oxygen atoms in total. The number of hydrogen-bond donors (Lipinski definition) is 0. The van der Waals surface area contributed by atoms with E-state index in [9.17, 15) is 4.79 Å². The summed E-state index contributed by atoms with van der Waals surface area (Å²) >= 11 is 1.84. The Morgan fingerprint density at radius 3 is 2.75 bits per heavy atom. The van der Waals surface area contributed by atoms with Gasteiger partial charge in [0.25, 0.3) is 0 Å². The minimum absolute atomic E-state index is 0.0862. The molecular formula is C18H30OS. The lowest BCUT2D eigenvalue weighted by Gasteiger charge is -2.52. The number of carbonyl (C=O) groups is 1. The first-order chi connectivity index (χ1) is 9.42. The maximum atomic E-state index is 13.0. The molecule has 0 amide bonds. The zero-order valence-electron chi connectivity index (χ0n) is 13.6. The number of thioether (sulfide) groups is 1. The zero-order chi connectivity index (χ0) is 14.8. The molecule has 0 N–H and O–H groups in total. The van der Waals surface area contributed by atoms with E-state index in [1.807, 2.05) is 11.8 Å². The Morgan fingerprint density at radius 1 is 1.30 bits per heavy atom. The molecule has 0 heterocycles. The third-order valence-corrected chi connectivity index (χ3v) is 6.56. The van der Waals surface area contributed by atoms with Gasteiger partial charge >= 0.3 is 0 Å². The molecule has 0 saturated heterocycles. The second-order valence-electron chi connectivity index (χ2n) is 7.55. The van der Waals surface area contributed by atoms with Crippen LogP contribution in [0.25, 0.3) is 0 Å². The number of allylic oxidation sites excluding steroid dienone is 1. The van der Waals surface area contributed by atoms with E-state index in [-0.39, 0.29) is 5.41 Å². The number of hydrogen-bond acceptors (Lipinski definition) is 2. The lowest BCUT2D eigenvalue weighted by molar-refractivity contribution is -0.137. The summed E-state index contributed by atoms with van der Waals surface area (Å²) in [5, 5.41) is 2.18. The van der Waals surface area contributed by atoms with Crippen LogP contribution < -0.4 is 0 Å². The molecule has 2 atom stereocenters. The van der Waals surface area contributed by atoms with E-state index in [1.165, 1.54) is 32.1 Å². The van der Waals surface area contributed by atoms with Crippen molar-refractivity contribution < 1.29 is 4.79 Å². The van der Waals surface area contributed by atoms with Crippen LogP contribution >= 0.6 is 11.8 Å². The van der Waals surface area contributed by atoms with Crippen molar-refractivity contribution in [3.05, 3.63) is 11.0 Å². The number of ketones is 1. The van der Waals surface area contributed by atoms with E-state index in [2.05, 4.69) is 33.1 Å². The van der Waals surface area contributed by atoms with Gasteiger partial charge in [0.1, 0.15) is 0 Å². The normalized spacial score (nSPS) is 35.1. The van der Waals surface area contributed by atoms with Gasteiger partial charge in [0.2, 0.25) is 0 Å². The van der Waals surface area contributed by atoms with Crippen molar-refractivity contribution in [1.29, 1.82) is 0 Å². The Labute approximate surface area is 129 Å². The van der Waals surface area contributed by atoms with Crippen molar-refractivity contribution in [3.8, 4) is 0 Å². The third kappa shape index (κ3) is 3.00.